The SMILES string of the molecule is CCC1CCC(CN)C(c2ccc(F)c(F)c2F)C1. The molecule has 1 aliphatic carbocycles. The second-order valence-corrected chi connectivity index (χ2v) is 5.45. The van der Waals surface area contributed by atoms with E-state index in [2.05, 4.69) is 6.92 Å². The molecule has 1 fully saturated rings. The molecule has 106 valence electrons. The van der Waals surface area contributed by atoms with Crippen LogP contribution in [0, 0.1) is 29.3 Å². The molecule has 2 N–H and O–H groups in total. The van der Waals surface area contributed by atoms with Crippen molar-refractivity contribution >= 4 is 0 Å². The highest BCUT2D eigenvalue weighted by molar-refractivity contribution is 5.25. The maximum absolute atomic E-state index is 13.9. The summed E-state index contributed by atoms with van der Waals surface area (Å²) in [6.45, 7) is 2.56. The minimum atomic E-state index is -1.37. The number of benzene rings is 1. The predicted molar refractivity (Wildman–Crippen MR) is 69.2 cm³/mol. The summed E-state index contributed by atoms with van der Waals surface area (Å²) in [5.74, 6) is -2.97. The first kappa shape index (κ1) is 14.4. The molecular formula is C15H20F3N. The average Bonchev–Trinajstić information content (AvgIpc) is 2.44. The van der Waals surface area contributed by atoms with Gasteiger partial charge in [-0.3, -0.25) is 0 Å². The molecule has 3 unspecified atom stereocenters. The zero-order valence-electron chi connectivity index (χ0n) is 11.1. The van der Waals surface area contributed by atoms with Gasteiger partial charge in [0.25, 0.3) is 0 Å². The van der Waals surface area contributed by atoms with Crippen LogP contribution in [-0.4, -0.2) is 6.54 Å². The van der Waals surface area contributed by atoms with E-state index in [9.17, 15) is 13.2 Å². The molecule has 1 aromatic carbocycles. The van der Waals surface area contributed by atoms with Crippen LogP contribution in [0.15, 0.2) is 12.1 Å². The standard InChI is InChI=1S/C15H20F3N/c1-2-9-3-4-10(8-19)12(7-9)11-5-6-13(16)15(18)14(11)17/h5-6,9-10,12H,2-4,7-8,19H2,1H3. The highest BCUT2D eigenvalue weighted by Crippen LogP contribution is 2.42. The van der Waals surface area contributed by atoms with E-state index in [-0.39, 0.29) is 17.4 Å². The molecule has 0 aromatic heterocycles. The van der Waals surface area contributed by atoms with Crippen molar-refractivity contribution in [1.29, 1.82) is 0 Å². The van der Waals surface area contributed by atoms with Crippen LogP contribution in [0.3, 0.4) is 0 Å². The van der Waals surface area contributed by atoms with E-state index in [1.165, 1.54) is 6.07 Å². The van der Waals surface area contributed by atoms with Gasteiger partial charge in [-0.15, -0.1) is 0 Å². The molecule has 1 aromatic rings. The van der Waals surface area contributed by atoms with Crippen molar-refractivity contribution in [2.45, 2.75) is 38.5 Å². The fourth-order valence-electron chi connectivity index (χ4n) is 3.18. The first-order valence-corrected chi connectivity index (χ1v) is 6.91. The van der Waals surface area contributed by atoms with Gasteiger partial charge < -0.3 is 5.73 Å². The van der Waals surface area contributed by atoms with Gasteiger partial charge in [0.2, 0.25) is 0 Å². The molecule has 3 atom stereocenters. The highest BCUT2D eigenvalue weighted by Gasteiger charge is 2.32. The Balaban J connectivity index is 2.34. The Bertz CT molecular complexity index is 447. The van der Waals surface area contributed by atoms with Crippen LogP contribution < -0.4 is 5.73 Å². The van der Waals surface area contributed by atoms with Crippen LogP contribution in [0.2, 0.25) is 0 Å². The van der Waals surface area contributed by atoms with Crippen LogP contribution in [0.4, 0.5) is 13.2 Å². The summed E-state index contributed by atoms with van der Waals surface area (Å²) in [5, 5.41) is 0. The summed E-state index contributed by atoms with van der Waals surface area (Å²) in [6, 6.07) is 2.38. The van der Waals surface area contributed by atoms with Gasteiger partial charge in [0.15, 0.2) is 17.5 Å². The van der Waals surface area contributed by atoms with E-state index in [4.69, 9.17) is 5.73 Å². The Morgan fingerprint density at radius 1 is 1.16 bits per heavy atom. The largest absolute Gasteiger partial charge is 0.330 e. The molecule has 0 saturated heterocycles. The molecular weight excluding hydrogens is 251 g/mol. The third-order valence-corrected chi connectivity index (χ3v) is 4.45. The molecule has 4 heteroatoms. The Labute approximate surface area is 112 Å². The molecule has 1 saturated carbocycles. The minimum absolute atomic E-state index is 0.0983. The van der Waals surface area contributed by atoms with Gasteiger partial charge in [0.05, 0.1) is 0 Å². The molecule has 0 heterocycles. The minimum Gasteiger partial charge on any atom is -0.330 e. The van der Waals surface area contributed by atoms with E-state index in [0.29, 0.717) is 12.5 Å². The number of rotatable bonds is 3. The molecule has 0 bridgehead atoms. The smallest absolute Gasteiger partial charge is 0.194 e. The van der Waals surface area contributed by atoms with Crippen molar-refractivity contribution in [3.63, 3.8) is 0 Å². The van der Waals surface area contributed by atoms with Crippen LogP contribution in [-0.2, 0) is 0 Å². The van der Waals surface area contributed by atoms with E-state index < -0.39 is 17.5 Å². The van der Waals surface area contributed by atoms with E-state index in [0.717, 1.165) is 31.7 Å². The molecule has 0 aliphatic heterocycles. The molecule has 0 radical (unpaired) electrons. The van der Waals surface area contributed by atoms with Gasteiger partial charge in [0.1, 0.15) is 0 Å². The summed E-state index contributed by atoms with van der Waals surface area (Å²) >= 11 is 0. The molecule has 1 nitrogen and oxygen atoms in total. The van der Waals surface area contributed by atoms with Gasteiger partial charge in [-0.2, -0.15) is 0 Å². The number of nitrogens with two attached hydrogens (primary N) is 1. The first-order chi connectivity index (χ1) is 9.08. The van der Waals surface area contributed by atoms with Crippen LogP contribution in [0.1, 0.15) is 44.1 Å². The Kier molecular flexibility index (Phi) is 4.50. The molecule has 2 rings (SSSR count). The van der Waals surface area contributed by atoms with Crippen molar-refractivity contribution < 1.29 is 13.2 Å². The van der Waals surface area contributed by atoms with E-state index in [1.807, 2.05) is 0 Å². The lowest BCUT2D eigenvalue weighted by Gasteiger charge is -2.35. The topological polar surface area (TPSA) is 26.0 Å². The van der Waals surface area contributed by atoms with Crippen LogP contribution in [0.25, 0.3) is 0 Å². The maximum Gasteiger partial charge on any atom is 0.194 e. The Morgan fingerprint density at radius 2 is 1.89 bits per heavy atom. The molecule has 0 amide bonds. The third kappa shape index (κ3) is 2.78. The number of hydrogen-bond acceptors (Lipinski definition) is 1. The lowest BCUT2D eigenvalue weighted by atomic mass is 9.70. The van der Waals surface area contributed by atoms with Gasteiger partial charge in [-0.1, -0.05) is 25.8 Å². The van der Waals surface area contributed by atoms with E-state index in [1.54, 1.807) is 0 Å². The van der Waals surface area contributed by atoms with Crippen LogP contribution >= 0.6 is 0 Å². The van der Waals surface area contributed by atoms with E-state index >= 15 is 0 Å². The van der Waals surface area contributed by atoms with Gasteiger partial charge in [-0.25, -0.2) is 13.2 Å². The first-order valence-electron chi connectivity index (χ1n) is 6.91. The Hall–Kier alpha value is -1.03. The average molecular weight is 271 g/mol. The van der Waals surface area contributed by atoms with Gasteiger partial charge in [0, 0.05) is 0 Å². The summed E-state index contributed by atoms with van der Waals surface area (Å²) in [7, 11) is 0. The number of halogens is 3. The summed E-state index contributed by atoms with van der Waals surface area (Å²) < 4.78 is 40.3. The highest BCUT2D eigenvalue weighted by atomic mass is 19.2. The van der Waals surface area contributed by atoms with Gasteiger partial charge in [-0.05, 0) is 48.8 Å². The second-order valence-electron chi connectivity index (χ2n) is 5.45. The molecule has 1 aliphatic rings. The predicted octanol–water partition coefficient (Wildman–Crippen LogP) is 3.97. The molecule has 0 spiro atoms. The van der Waals surface area contributed by atoms with Crippen LogP contribution in [0.5, 0.6) is 0 Å². The fourth-order valence-corrected chi connectivity index (χ4v) is 3.18. The summed E-state index contributed by atoms with van der Waals surface area (Å²) in [4.78, 5) is 0. The van der Waals surface area contributed by atoms with Gasteiger partial charge >= 0.3 is 0 Å². The van der Waals surface area contributed by atoms with Crippen molar-refractivity contribution in [2.75, 3.05) is 6.54 Å². The van der Waals surface area contributed by atoms with Crippen molar-refractivity contribution in [1.82, 2.24) is 0 Å². The van der Waals surface area contributed by atoms with Crippen molar-refractivity contribution in [2.24, 2.45) is 17.6 Å². The quantitative estimate of drug-likeness (QED) is 0.827. The lowest BCUT2D eigenvalue weighted by Crippen LogP contribution is -2.29. The lowest BCUT2D eigenvalue weighted by molar-refractivity contribution is 0.230. The summed E-state index contributed by atoms with van der Waals surface area (Å²) in [6.07, 6.45) is 3.84. The maximum atomic E-state index is 13.9. The normalized spacial score (nSPS) is 27.5. The summed E-state index contributed by atoms with van der Waals surface area (Å²) in [5.41, 5.74) is 6.03. The number of hydrogen-bond donors (Lipinski definition) is 1. The monoisotopic (exact) mass is 271 g/mol. The van der Waals surface area contributed by atoms with Crippen molar-refractivity contribution in [3.05, 3.63) is 35.1 Å². The second kappa shape index (κ2) is 5.95. The van der Waals surface area contributed by atoms with Crippen molar-refractivity contribution in [3.8, 4) is 0 Å². The Morgan fingerprint density at radius 3 is 2.53 bits per heavy atom. The zero-order valence-corrected chi connectivity index (χ0v) is 11.1. The zero-order chi connectivity index (χ0) is 14.0. The molecule has 19 heavy (non-hydrogen) atoms. The fraction of sp³-hybridized carbons (Fsp3) is 0.600. The third-order valence-electron chi connectivity index (χ3n) is 4.45.